The van der Waals surface area contributed by atoms with Crippen molar-refractivity contribution in [1.82, 2.24) is 4.90 Å². The summed E-state index contributed by atoms with van der Waals surface area (Å²) in [6, 6.07) is 15.0. The van der Waals surface area contributed by atoms with Gasteiger partial charge >= 0.3 is 0 Å². The van der Waals surface area contributed by atoms with Gasteiger partial charge in [0.2, 0.25) is 0 Å². The lowest BCUT2D eigenvalue weighted by Gasteiger charge is -2.17. The van der Waals surface area contributed by atoms with Crippen LogP contribution in [0.4, 0.5) is 0 Å². The molecule has 0 spiro atoms. The normalized spacial score (nSPS) is 13.5. The van der Waals surface area contributed by atoms with Gasteiger partial charge in [-0.25, -0.2) is 0 Å². The molecule has 5 nitrogen and oxygen atoms in total. The Morgan fingerprint density at radius 3 is 2.38 bits per heavy atom. The summed E-state index contributed by atoms with van der Waals surface area (Å²) in [6.07, 6.45) is 2.15. The van der Waals surface area contributed by atoms with Gasteiger partial charge in [0.05, 0.1) is 6.61 Å². The molecule has 0 aliphatic carbocycles. The molecule has 0 N–H and O–H groups in total. The third-order valence-electron chi connectivity index (χ3n) is 4.24. The van der Waals surface area contributed by atoms with Crippen molar-refractivity contribution in [2.24, 2.45) is 0 Å². The van der Waals surface area contributed by atoms with E-state index in [4.69, 9.17) is 14.2 Å². The van der Waals surface area contributed by atoms with Crippen molar-refractivity contribution in [3.05, 3.63) is 54.1 Å². The average Bonchev–Trinajstić information content (AvgIpc) is 3.21. The number of hydrogen-bond acceptors (Lipinski definition) is 4. The largest absolute Gasteiger partial charge is 0.490 e. The van der Waals surface area contributed by atoms with Crippen LogP contribution in [0.25, 0.3) is 0 Å². The van der Waals surface area contributed by atoms with Crippen LogP contribution in [0.2, 0.25) is 0 Å². The number of likely N-dealkylation sites (tertiary alicyclic amines) is 1. The monoisotopic (exact) mass is 355 g/mol. The first kappa shape index (κ1) is 18.1. The lowest BCUT2D eigenvalue weighted by molar-refractivity contribution is 0.0792. The van der Waals surface area contributed by atoms with Crippen molar-refractivity contribution >= 4 is 5.91 Å². The zero-order chi connectivity index (χ0) is 18.2. The summed E-state index contributed by atoms with van der Waals surface area (Å²) in [5, 5.41) is 0. The molecule has 1 aliphatic heterocycles. The highest BCUT2D eigenvalue weighted by molar-refractivity contribution is 5.95. The maximum atomic E-state index is 12.5. The van der Waals surface area contributed by atoms with Gasteiger partial charge in [-0.1, -0.05) is 18.2 Å². The van der Waals surface area contributed by atoms with E-state index < -0.39 is 0 Å². The lowest BCUT2D eigenvalue weighted by Crippen LogP contribution is -2.27. The summed E-state index contributed by atoms with van der Waals surface area (Å²) in [6.45, 7) is 4.92. The van der Waals surface area contributed by atoms with Crippen LogP contribution in [0.1, 0.15) is 30.1 Å². The predicted molar refractivity (Wildman–Crippen MR) is 100 cm³/mol. The van der Waals surface area contributed by atoms with Crippen LogP contribution in [0.15, 0.2) is 48.5 Å². The average molecular weight is 355 g/mol. The first-order valence-electron chi connectivity index (χ1n) is 9.14. The summed E-state index contributed by atoms with van der Waals surface area (Å²) in [7, 11) is 0. The van der Waals surface area contributed by atoms with Crippen LogP contribution in [0.5, 0.6) is 17.2 Å². The molecule has 0 radical (unpaired) electrons. The van der Waals surface area contributed by atoms with Crippen LogP contribution in [-0.2, 0) is 0 Å². The van der Waals surface area contributed by atoms with Gasteiger partial charge in [0, 0.05) is 18.7 Å². The van der Waals surface area contributed by atoms with E-state index in [9.17, 15) is 4.79 Å². The van der Waals surface area contributed by atoms with Crippen LogP contribution in [0.3, 0.4) is 0 Å². The molecule has 1 fully saturated rings. The van der Waals surface area contributed by atoms with Gasteiger partial charge < -0.3 is 19.1 Å². The molecule has 0 aromatic heterocycles. The third-order valence-corrected chi connectivity index (χ3v) is 4.24. The smallest absolute Gasteiger partial charge is 0.253 e. The molecule has 2 aromatic rings. The molecule has 0 atom stereocenters. The molecule has 0 saturated carbocycles. The molecule has 3 rings (SSSR count). The minimum atomic E-state index is 0.0578. The van der Waals surface area contributed by atoms with Gasteiger partial charge in [-0.3, -0.25) is 4.79 Å². The van der Waals surface area contributed by atoms with Crippen molar-refractivity contribution in [1.29, 1.82) is 0 Å². The number of amides is 1. The number of carbonyl (C=O) groups is 1. The maximum Gasteiger partial charge on any atom is 0.253 e. The summed E-state index contributed by atoms with van der Waals surface area (Å²) in [4.78, 5) is 14.4. The molecular weight excluding hydrogens is 330 g/mol. The van der Waals surface area contributed by atoms with E-state index in [0.29, 0.717) is 36.9 Å². The lowest BCUT2D eigenvalue weighted by atomic mass is 10.1. The molecule has 1 amide bonds. The van der Waals surface area contributed by atoms with Crippen molar-refractivity contribution < 1.29 is 19.0 Å². The van der Waals surface area contributed by atoms with Crippen LogP contribution >= 0.6 is 0 Å². The second-order valence-electron chi connectivity index (χ2n) is 6.10. The molecule has 2 aromatic carbocycles. The number of benzene rings is 2. The van der Waals surface area contributed by atoms with E-state index in [2.05, 4.69) is 0 Å². The number of ether oxygens (including phenoxy) is 3. The fourth-order valence-electron chi connectivity index (χ4n) is 2.96. The van der Waals surface area contributed by atoms with E-state index in [-0.39, 0.29) is 5.91 Å². The summed E-state index contributed by atoms with van der Waals surface area (Å²) < 4.78 is 17.1. The number of carbonyl (C=O) groups excluding carboxylic acids is 1. The number of hydrogen-bond donors (Lipinski definition) is 0. The SMILES string of the molecule is CCOc1cc(C(=O)N2CCCC2)ccc1OCCOc1ccccc1. The number of nitrogens with zero attached hydrogens (tertiary/aromatic N) is 1. The zero-order valence-electron chi connectivity index (χ0n) is 15.1. The summed E-state index contributed by atoms with van der Waals surface area (Å²) >= 11 is 0. The Morgan fingerprint density at radius 1 is 0.923 bits per heavy atom. The Labute approximate surface area is 154 Å². The highest BCUT2D eigenvalue weighted by Crippen LogP contribution is 2.29. The Kier molecular flexibility index (Phi) is 6.36. The molecule has 26 heavy (non-hydrogen) atoms. The van der Waals surface area contributed by atoms with E-state index >= 15 is 0 Å². The standard InChI is InChI=1S/C21H25NO4/c1-2-24-20-16-17(21(23)22-12-6-7-13-22)10-11-19(20)26-15-14-25-18-8-4-3-5-9-18/h3-5,8-11,16H,2,6-7,12-15H2,1H3. The Morgan fingerprint density at radius 2 is 1.65 bits per heavy atom. The van der Waals surface area contributed by atoms with Gasteiger partial charge in [0.25, 0.3) is 5.91 Å². The Balaban J connectivity index is 1.60. The topological polar surface area (TPSA) is 48.0 Å². The van der Waals surface area contributed by atoms with Crippen molar-refractivity contribution in [2.45, 2.75) is 19.8 Å². The first-order chi connectivity index (χ1) is 12.8. The van der Waals surface area contributed by atoms with Crippen molar-refractivity contribution in [3.63, 3.8) is 0 Å². The molecule has 5 heteroatoms. The van der Waals surface area contributed by atoms with Gasteiger partial charge in [0.15, 0.2) is 11.5 Å². The number of para-hydroxylation sites is 1. The predicted octanol–water partition coefficient (Wildman–Crippen LogP) is 3.78. The molecule has 0 bridgehead atoms. The quantitative estimate of drug-likeness (QED) is 0.676. The van der Waals surface area contributed by atoms with Gasteiger partial charge in [-0.2, -0.15) is 0 Å². The van der Waals surface area contributed by atoms with E-state index in [1.54, 1.807) is 18.2 Å². The molecule has 0 unspecified atom stereocenters. The van der Waals surface area contributed by atoms with E-state index in [1.807, 2.05) is 42.2 Å². The fraction of sp³-hybridized carbons (Fsp3) is 0.381. The van der Waals surface area contributed by atoms with E-state index in [0.717, 1.165) is 31.7 Å². The summed E-state index contributed by atoms with van der Waals surface area (Å²) in [5.74, 6) is 2.09. The second-order valence-corrected chi connectivity index (χ2v) is 6.10. The Bertz CT molecular complexity index is 711. The highest BCUT2D eigenvalue weighted by atomic mass is 16.5. The van der Waals surface area contributed by atoms with Crippen LogP contribution in [-0.4, -0.2) is 43.7 Å². The van der Waals surface area contributed by atoms with Gasteiger partial charge in [-0.15, -0.1) is 0 Å². The number of rotatable bonds is 8. The zero-order valence-corrected chi connectivity index (χ0v) is 15.1. The van der Waals surface area contributed by atoms with Gasteiger partial charge in [0.1, 0.15) is 19.0 Å². The van der Waals surface area contributed by atoms with Crippen molar-refractivity contribution in [2.75, 3.05) is 32.9 Å². The van der Waals surface area contributed by atoms with E-state index in [1.165, 1.54) is 0 Å². The summed E-state index contributed by atoms with van der Waals surface area (Å²) in [5.41, 5.74) is 0.642. The fourth-order valence-corrected chi connectivity index (χ4v) is 2.96. The third kappa shape index (κ3) is 4.69. The second kappa shape index (κ2) is 9.13. The molecular formula is C21H25NO4. The Hall–Kier alpha value is -2.69. The molecule has 1 saturated heterocycles. The maximum absolute atomic E-state index is 12.5. The van der Waals surface area contributed by atoms with Crippen LogP contribution in [0, 0.1) is 0 Å². The van der Waals surface area contributed by atoms with Crippen LogP contribution < -0.4 is 14.2 Å². The first-order valence-corrected chi connectivity index (χ1v) is 9.14. The molecule has 138 valence electrons. The highest BCUT2D eigenvalue weighted by Gasteiger charge is 2.20. The van der Waals surface area contributed by atoms with Gasteiger partial charge in [-0.05, 0) is 50.1 Å². The minimum Gasteiger partial charge on any atom is -0.490 e. The molecule has 1 aliphatic rings. The minimum absolute atomic E-state index is 0.0578. The van der Waals surface area contributed by atoms with Crippen molar-refractivity contribution in [3.8, 4) is 17.2 Å². The molecule has 1 heterocycles.